The highest BCUT2D eigenvalue weighted by atomic mass is 16.5. The zero-order chi connectivity index (χ0) is 26.9. The van der Waals surface area contributed by atoms with Crippen molar-refractivity contribution in [3.8, 4) is 0 Å². The highest BCUT2D eigenvalue weighted by Crippen LogP contribution is 2.58. The quantitative estimate of drug-likeness (QED) is 0.279. The predicted molar refractivity (Wildman–Crippen MR) is 148 cm³/mol. The second-order valence-corrected chi connectivity index (χ2v) is 11.8. The van der Waals surface area contributed by atoms with E-state index in [0.717, 1.165) is 30.8 Å². The lowest BCUT2D eigenvalue weighted by atomic mass is 9.62. The lowest BCUT2D eigenvalue weighted by molar-refractivity contribution is -0.0968. The van der Waals surface area contributed by atoms with Crippen LogP contribution in [0.3, 0.4) is 0 Å². The number of hydrogen-bond donors (Lipinski definition) is 4. The molecular weight excluding hydrogens is 452 g/mol. The first-order valence-corrected chi connectivity index (χ1v) is 14.5. The number of ether oxygens (including phenoxy) is 1. The minimum absolute atomic E-state index is 0.0281. The normalized spacial score (nSPS) is 35.0. The van der Waals surface area contributed by atoms with Crippen LogP contribution in [-0.4, -0.2) is 57.6 Å². The van der Waals surface area contributed by atoms with Gasteiger partial charge in [-0.25, -0.2) is 0 Å². The summed E-state index contributed by atoms with van der Waals surface area (Å²) in [5.41, 5.74) is 2.84. The van der Waals surface area contributed by atoms with Gasteiger partial charge in [0.05, 0.1) is 11.7 Å². The van der Waals surface area contributed by atoms with Crippen molar-refractivity contribution in [2.24, 2.45) is 17.3 Å². The van der Waals surface area contributed by atoms with Crippen LogP contribution in [0.4, 0.5) is 0 Å². The molecule has 0 aliphatic heterocycles. The van der Waals surface area contributed by atoms with Crippen molar-refractivity contribution in [1.82, 2.24) is 0 Å². The molecule has 3 fully saturated rings. The van der Waals surface area contributed by atoms with E-state index in [2.05, 4.69) is 25.7 Å². The van der Waals surface area contributed by atoms with E-state index in [9.17, 15) is 15.3 Å². The van der Waals surface area contributed by atoms with Gasteiger partial charge in [0.15, 0.2) is 0 Å². The van der Waals surface area contributed by atoms with Gasteiger partial charge in [0.1, 0.15) is 12.2 Å². The summed E-state index contributed by atoms with van der Waals surface area (Å²) >= 11 is 0. The van der Waals surface area contributed by atoms with Crippen LogP contribution in [0.2, 0.25) is 0 Å². The third kappa shape index (κ3) is 8.01. The van der Waals surface area contributed by atoms with Gasteiger partial charge in [0, 0.05) is 19.6 Å². The van der Waals surface area contributed by atoms with Gasteiger partial charge in [-0.3, -0.25) is 0 Å². The molecule has 0 aromatic carbocycles. The van der Waals surface area contributed by atoms with Crippen molar-refractivity contribution in [2.45, 2.75) is 129 Å². The van der Waals surface area contributed by atoms with E-state index < -0.39 is 23.9 Å². The summed E-state index contributed by atoms with van der Waals surface area (Å²) in [6.07, 6.45) is 13.4. The Bertz CT molecular complexity index is 749. The fourth-order valence-electron chi connectivity index (χ4n) is 6.71. The van der Waals surface area contributed by atoms with E-state index >= 15 is 0 Å². The topological polar surface area (TPSA) is 90.2 Å². The van der Waals surface area contributed by atoms with Gasteiger partial charge in [-0.15, -0.1) is 0 Å². The van der Waals surface area contributed by atoms with Gasteiger partial charge in [0.2, 0.25) is 0 Å². The first-order valence-electron chi connectivity index (χ1n) is 14.5. The highest BCUT2D eigenvalue weighted by Gasteiger charge is 2.48. The molecule has 0 bridgehead atoms. The van der Waals surface area contributed by atoms with Gasteiger partial charge in [-0.1, -0.05) is 57.9 Å². The van der Waals surface area contributed by atoms with Crippen molar-refractivity contribution in [1.29, 1.82) is 0 Å². The van der Waals surface area contributed by atoms with Crippen molar-refractivity contribution in [2.75, 3.05) is 13.2 Å². The third-order valence-electron chi connectivity index (χ3n) is 8.75. The zero-order valence-electron chi connectivity index (χ0n) is 23.6. The predicted octanol–water partition coefficient (Wildman–Crippen LogP) is 5.86. The monoisotopic (exact) mass is 506 g/mol. The molecule has 3 rings (SSSR count). The van der Waals surface area contributed by atoms with Crippen molar-refractivity contribution < 1.29 is 25.2 Å². The maximum Gasteiger partial charge on any atom is 0.114 e. The molecule has 3 aliphatic carbocycles. The SMILES string of the molecule is C=C1/C(=C\C=C2/CCC[C@@]3(C)C2CC[C@@H]3CCCCC(C)(C)O)C[C@@H](O)[C@@H](OCCCO)[C@@H]1O.CC. The summed E-state index contributed by atoms with van der Waals surface area (Å²) in [6, 6.07) is 0. The first-order chi connectivity index (χ1) is 17.1. The zero-order valence-corrected chi connectivity index (χ0v) is 23.6. The molecule has 36 heavy (non-hydrogen) atoms. The van der Waals surface area contributed by atoms with Crippen molar-refractivity contribution in [3.63, 3.8) is 0 Å². The number of aliphatic hydroxyl groups excluding tert-OH is 3. The Morgan fingerprint density at radius 1 is 1.11 bits per heavy atom. The van der Waals surface area contributed by atoms with Crippen LogP contribution in [-0.2, 0) is 4.74 Å². The fourth-order valence-corrected chi connectivity index (χ4v) is 6.71. The molecule has 0 heterocycles. The van der Waals surface area contributed by atoms with Crippen molar-refractivity contribution in [3.05, 3.63) is 35.5 Å². The van der Waals surface area contributed by atoms with E-state index in [1.165, 1.54) is 44.1 Å². The molecular formula is C31H54O5. The lowest BCUT2D eigenvalue weighted by Gasteiger charge is -2.42. The van der Waals surface area contributed by atoms with Crippen LogP contribution in [0.5, 0.6) is 0 Å². The molecule has 1 unspecified atom stereocenters. The average molecular weight is 507 g/mol. The Morgan fingerprint density at radius 2 is 1.83 bits per heavy atom. The van der Waals surface area contributed by atoms with Gasteiger partial charge < -0.3 is 25.2 Å². The van der Waals surface area contributed by atoms with E-state index in [1.807, 2.05) is 27.7 Å². The van der Waals surface area contributed by atoms with Crippen molar-refractivity contribution >= 4 is 0 Å². The lowest BCUT2D eigenvalue weighted by Crippen LogP contribution is -2.45. The molecule has 4 N–H and O–H groups in total. The van der Waals surface area contributed by atoms with Gasteiger partial charge in [-0.05, 0) is 93.6 Å². The molecule has 3 saturated carbocycles. The summed E-state index contributed by atoms with van der Waals surface area (Å²) in [6.45, 7) is 14.7. The summed E-state index contributed by atoms with van der Waals surface area (Å²) in [5, 5.41) is 40.2. The summed E-state index contributed by atoms with van der Waals surface area (Å²) in [5.74, 6) is 1.36. The summed E-state index contributed by atoms with van der Waals surface area (Å²) < 4.78 is 5.62. The fraction of sp³-hybridized carbons (Fsp3) is 0.806. The Labute approximate surface area is 220 Å². The van der Waals surface area contributed by atoms with Crippen LogP contribution in [0.25, 0.3) is 0 Å². The molecule has 208 valence electrons. The number of unbranched alkanes of at least 4 members (excludes halogenated alkanes) is 1. The largest absolute Gasteiger partial charge is 0.396 e. The van der Waals surface area contributed by atoms with Crippen LogP contribution in [0.1, 0.15) is 105 Å². The van der Waals surface area contributed by atoms with Gasteiger partial charge >= 0.3 is 0 Å². The molecule has 0 radical (unpaired) electrons. The van der Waals surface area contributed by atoms with Gasteiger partial charge in [0.25, 0.3) is 0 Å². The van der Waals surface area contributed by atoms with Crippen LogP contribution < -0.4 is 0 Å². The number of rotatable bonds is 10. The van der Waals surface area contributed by atoms with E-state index in [-0.39, 0.29) is 6.61 Å². The molecule has 5 heteroatoms. The number of hydrogen-bond acceptors (Lipinski definition) is 5. The maximum absolute atomic E-state index is 10.7. The van der Waals surface area contributed by atoms with E-state index in [0.29, 0.717) is 36.4 Å². The van der Waals surface area contributed by atoms with E-state index in [1.54, 1.807) is 0 Å². The number of fused-ring (bicyclic) bond motifs is 1. The molecule has 3 aliphatic rings. The molecule has 0 aromatic rings. The second kappa shape index (κ2) is 14.2. The first kappa shape index (κ1) is 31.2. The highest BCUT2D eigenvalue weighted by molar-refractivity contribution is 5.40. The number of allylic oxidation sites excluding steroid dienone is 3. The number of aliphatic hydroxyl groups is 4. The second-order valence-electron chi connectivity index (χ2n) is 11.8. The Morgan fingerprint density at radius 3 is 2.50 bits per heavy atom. The average Bonchev–Trinajstić information content (AvgIpc) is 3.17. The van der Waals surface area contributed by atoms with Crippen LogP contribution >= 0.6 is 0 Å². The standard InChI is InChI=1S/C29H48O5.C2H6/c1-20-22(19-25(31)27(26(20)32)34-18-8-17-30)12-11-21-9-7-16-29(4)23(13-14-24(21)29)10-5-6-15-28(2,3)33;1-2/h11-12,23-27,30-33H,1,5-10,13-19H2,2-4H3;1-2H3/b21-11+,22-12-;/t23-,24?,25+,26+,27+,29+;/m0./s1. The van der Waals surface area contributed by atoms with Crippen LogP contribution in [0, 0.1) is 17.3 Å². The molecule has 5 nitrogen and oxygen atoms in total. The molecule has 0 amide bonds. The summed E-state index contributed by atoms with van der Waals surface area (Å²) in [4.78, 5) is 0. The maximum atomic E-state index is 10.7. The third-order valence-corrected chi connectivity index (χ3v) is 8.75. The molecule has 0 spiro atoms. The Balaban J connectivity index is 0.00000222. The smallest absolute Gasteiger partial charge is 0.114 e. The van der Waals surface area contributed by atoms with Crippen LogP contribution in [0.15, 0.2) is 35.5 Å². The molecule has 6 atom stereocenters. The Hall–Kier alpha value is -0.980. The summed E-state index contributed by atoms with van der Waals surface area (Å²) in [7, 11) is 0. The molecule has 0 saturated heterocycles. The minimum Gasteiger partial charge on any atom is -0.396 e. The Kier molecular flexibility index (Phi) is 12.4. The minimum atomic E-state index is -0.927. The molecule has 0 aromatic heterocycles. The van der Waals surface area contributed by atoms with E-state index in [4.69, 9.17) is 9.84 Å². The van der Waals surface area contributed by atoms with Gasteiger partial charge in [-0.2, -0.15) is 0 Å².